The quantitative estimate of drug-likeness (QED) is 0.165. The number of carboxylic acids is 1. The zero-order valence-corrected chi connectivity index (χ0v) is 22.8. The van der Waals surface area contributed by atoms with E-state index in [0.29, 0.717) is 11.3 Å². The number of amides is 2. The number of carboxylic acid groups (broad SMARTS) is 1. The number of hydrogen-bond donors (Lipinski definition) is 2. The molecule has 4 heterocycles. The SMILES string of the molecule is CO/N=C(/C(=O)NC1C(=O)N2C(C(=O)[O-])=C(/C=C/c3scnc3C)CS[C@H]12)c1csc(N)n1.[Na+]. The molecule has 2 aliphatic heterocycles. The number of aryl methyl sites for hydroxylation is 1. The molecule has 0 aromatic carbocycles. The summed E-state index contributed by atoms with van der Waals surface area (Å²) in [5.74, 6) is -2.39. The summed E-state index contributed by atoms with van der Waals surface area (Å²) < 4.78 is 0. The normalized spacial score (nSPS) is 20.0. The van der Waals surface area contributed by atoms with Crippen molar-refractivity contribution >= 4 is 69.1 Å². The second-order valence-corrected chi connectivity index (χ2v) is 9.73. The molecular weight excluding hydrogens is 511 g/mol. The molecule has 2 amide bonds. The molecule has 2 aromatic heterocycles. The van der Waals surface area contributed by atoms with Crippen molar-refractivity contribution in [1.82, 2.24) is 20.2 Å². The van der Waals surface area contributed by atoms with Crippen molar-refractivity contribution in [2.24, 2.45) is 5.16 Å². The molecule has 1 fully saturated rings. The number of aromatic nitrogens is 2. The maximum absolute atomic E-state index is 12.8. The maximum atomic E-state index is 12.8. The predicted octanol–water partition coefficient (Wildman–Crippen LogP) is -3.04. The summed E-state index contributed by atoms with van der Waals surface area (Å²) in [6.45, 7) is 1.85. The molecule has 3 N–H and O–H groups in total. The number of allylic oxidation sites excluding steroid dienone is 1. The standard InChI is InChI=1S/C19H18N6O5S3.Na/c1-8-11(33-7-21-8)4-3-9-5-31-17-13(16(27)25(17)14(9)18(28)29)23-15(26)12(24-30-2)10-6-32-19(20)22-10;/h3-4,6-7,13,17H,5H2,1-2H3,(H2,20,22)(H,23,26)(H,28,29);/q;+1/p-1/b4-3+,24-12+;/t13?,17-;/m1./s1. The van der Waals surface area contributed by atoms with Gasteiger partial charge in [0.15, 0.2) is 10.8 Å². The third-order valence-electron chi connectivity index (χ3n) is 4.86. The van der Waals surface area contributed by atoms with E-state index in [0.717, 1.165) is 26.8 Å². The zero-order chi connectivity index (χ0) is 23.7. The van der Waals surface area contributed by atoms with Crippen LogP contribution in [0.3, 0.4) is 0 Å². The Balaban J connectivity index is 0.00000324. The number of carbonyl (C=O) groups excluding carboxylic acids is 3. The van der Waals surface area contributed by atoms with Crippen LogP contribution in [0.2, 0.25) is 0 Å². The number of nitrogens with one attached hydrogen (secondary N) is 1. The van der Waals surface area contributed by atoms with Gasteiger partial charge in [0.25, 0.3) is 11.8 Å². The predicted molar refractivity (Wildman–Crippen MR) is 123 cm³/mol. The van der Waals surface area contributed by atoms with Crippen LogP contribution in [0.15, 0.2) is 33.4 Å². The smallest absolute Gasteiger partial charge is 0.543 e. The first-order valence-corrected chi connectivity index (χ1v) is 12.2. The summed E-state index contributed by atoms with van der Waals surface area (Å²) in [5.41, 5.74) is 8.45. The fourth-order valence-electron chi connectivity index (χ4n) is 3.31. The summed E-state index contributed by atoms with van der Waals surface area (Å²) in [4.78, 5) is 52.4. The minimum absolute atomic E-state index is 0. The number of carbonyl (C=O) groups is 3. The van der Waals surface area contributed by atoms with Crippen molar-refractivity contribution < 1.29 is 53.9 Å². The molecule has 34 heavy (non-hydrogen) atoms. The Labute approximate surface area is 228 Å². The Morgan fingerprint density at radius 2 is 2.15 bits per heavy atom. The Kier molecular flexibility index (Phi) is 8.54. The average Bonchev–Trinajstić information content (AvgIpc) is 3.40. The van der Waals surface area contributed by atoms with Gasteiger partial charge in [-0.15, -0.1) is 34.4 Å². The molecule has 0 spiro atoms. The van der Waals surface area contributed by atoms with Crippen LogP contribution in [0.4, 0.5) is 5.13 Å². The minimum atomic E-state index is -1.46. The second kappa shape index (κ2) is 11.0. The number of oxime groups is 1. The second-order valence-electron chi connectivity index (χ2n) is 6.85. The van der Waals surface area contributed by atoms with Crippen molar-refractivity contribution in [1.29, 1.82) is 0 Å². The molecule has 1 saturated heterocycles. The van der Waals surface area contributed by atoms with E-state index in [9.17, 15) is 19.5 Å². The molecular formula is C19H17N6NaO5S3. The van der Waals surface area contributed by atoms with E-state index < -0.39 is 29.2 Å². The number of thioether (sulfide) groups is 1. The summed E-state index contributed by atoms with van der Waals surface area (Å²) in [6.07, 6.45) is 3.42. The van der Waals surface area contributed by atoms with E-state index in [2.05, 4.69) is 20.4 Å². The van der Waals surface area contributed by atoms with Gasteiger partial charge in [0.1, 0.15) is 24.2 Å². The average molecular weight is 529 g/mol. The maximum Gasteiger partial charge on any atom is 1.00 e. The number of β-lactam (4-membered cyclic amide) rings is 1. The van der Waals surface area contributed by atoms with Gasteiger partial charge in [-0.3, -0.25) is 14.5 Å². The number of fused-ring (bicyclic) bond motifs is 1. The van der Waals surface area contributed by atoms with Crippen LogP contribution in [-0.2, 0) is 19.2 Å². The van der Waals surface area contributed by atoms with Gasteiger partial charge in [0, 0.05) is 16.0 Å². The van der Waals surface area contributed by atoms with Gasteiger partial charge < -0.3 is 25.8 Å². The molecule has 0 saturated carbocycles. The van der Waals surface area contributed by atoms with Gasteiger partial charge in [0.05, 0.1) is 22.9 Å². The van der Waals surface area contributed by atoms with Gasteiger partial charge in [-0.1, -0.05) is 11.2 Å². The Bertz CT molecular complexity index is 1220. The molecule has 0 radical (unpaired) electrons. The molecule has 2 atom stereocenters. The van der Waals surface area contributed by atoms with Crippen molar-refractivity contribution in [3.05, 3.63) is 44.5 Å². The van der Waals surface area contributed by atoms with Crippen LogP contribution in [0.5, 0.6) is 0 Å². The Morgan fingerprint density at radius 1 is 1.38 bits per heavy atom. The van der Waals surface area contributed by atoms with Crippen LogP contribution >= 0.6 is 34.4 Å². The van der Waals surface area contributed by atoms with Crippen LogP contribution in [0, 0.1) is 6.92 Å². The topological polar surface area (TPSA) is 163 Å². The van der Waals surface area contributed by atoms with Gasteiger partial charge in [0.2, 0.25) is 0 Å². The largest absolute Gasteiger partial charge is 1.00 e. The van der Waals surface area contributed by atoms with Crippen LogP contribution in [0.1, 0.15) is 16.3 Å². The van der Waals surface area contributed by atoms with E-state index in [-0.39, 0.29) is 51.8 Å². The first-order valence-electron chi connectivity index (χ1n) is 9.42. The summed E-state index contributed by atoms with van der Waals surface area (Å²) in [5, 5.41) is 19.4. The number of aliphatic carboxylic acids is 1. The number of anilines is 1. The monoisotopic (exact) mass is 528 g/mol. The number of nitrogens with two attached hydrogens (primary N) is 1. The summed E-state index contributed by atoms with van der Waals surface area (Å²) in [7, 11) is 1.27. The zero-order valence-electron chi connectivity index (χ0n) is 18.3. The summed E-state index contributed by atoms with van der Waals surface area (Å²) in [6, 6.07) is -0.941. The number of thiazole rings is 2. The number of nitrogen functional groups attached to an aromatic ring is 1. The van der Waals surface area contributed by atoms with Crippen LogP contribution in [0.25, 0.3) is 6.08 Å². The molecule has 2 aromatic rings. The summed E-state index contributed by atoms with van der Waals surface area (Å²) >= 11 is 3.89. The number of rotatable bonds is 7. The molecule has 11 nitrogen and oxygen atoms in total. The molecule has 15 heteroatoms. The third-order valence-corrected chi connectivity index (χ3v) is 7.73. The molecule has 4 rings (SSSR count). The van der Waals surface area contributed by atoms with E-state index in [1.54, 1.807) is 17.7 Å². The van der Waals surface area contributed by atoms with Crippen molar-refractivity contribution in [3.63, 3.8) is 0 Å². The van der Waals surface area contributed by atoms with Gasteiger partial charge >= 0.3 is 29.6 Å². The first-order chi connectivity index (χ1) is 15.8. The molecule has 2 aliphatic rings. The Hall–Kier alpha value is -2.23. The number of hydrogen-bond acceptors (Lipinski definition) is 12. The third kappa shape index (κ3) is 5.06. The Morgan fingerprint density at radius 3 is 2.74 bits per heavy atom. The molecule has 0 bridgehead atoms. The van der Waals surface area contributed by atoms with E-state index in [1.807, 2.05) is 6.92 Å². The van der Waals surface area contributed by atoms with Gasteiger partial charge in [-0.25, -0.2) is 9.97 Å². The van der Waals surface area contributed by atoms with E-state index in [1.165, 1.54) is 35.6 Å². The fourth-order valence-corrected chi connectivity index (χ4v) is 5.87. The van der Waals surface area contributed by atoms with Crippen molar-refractivity contribution in [2.45, 2.75) is 18.3 Å². The van der Waals surface area contributed by atoms with Crippen molar-refractivity contribution in [3.8, 4) is 0 Å². The molecule has 172 valence electrons. The minimum Gasteiger partial charge on any atom is -0.543 e. The van der Waals surface area contributed by atoms with Crippen molar-refractivity contribution in [2.75, 3.05) is 18.6 Å². The molecule has 0 aliphatic carbocycles. The van der Waals surface area contributed by atoms with Gasteiger partial charge in [-0.05, 0) is 18.6 Å². The van der Waals surface area contributed by atoms with E-state index in [4.69, 9.17) is 10.6 Å². The fraction of sp³-hybridized carbons (Fsp3) is 0.263. The molecule has 1 unspecified atom stereocenters. The van der Waals surface area contributed by atoms with E-state index >= 15 is 0 Å². The van der Waals surface area contributed by atoms with Crippen LogP contribution in [-0.4, -0.2) is 62.6 Å². The van der Waals surface area contributed by atoms with Crippen LogP contribution < -0.4 is 45.7 Å². The van der Waals surface area contributed by atoms with Gasteiger partial charge in [-0.2, -0.15) is 0 Å². The first kappa shape index (κ1) is 26.4. The number of nitrogens with zero attached hydrogens (tertiary/aromatic N) is 4.